The molecule has 0 atom stereocenters. The van der Waals surface area contributed by atoms with E-state index in [9.17, 15) is 13.2 Å². The van der Waals surface area contributed by atoms with E-state index in [0.29, 0.717) is 5.69 Å². The van der Waals surface area contributed by atoms with Crippen molar-refractivity contribution in [2.24, 2.45) is 5.10 Å². The van der Waals surface area contributed by atoms with Crippen LogP contribution in [0.2, 0.25) is 0 Å². The van der Waals surface area contributed by atoms with E-state index in [4.69, 9.17) is 0 Å². The lowest BCUT2D eigenvalue weighted by molar-refractivity contribution is -0.119. The molecule has 0 aliphatic heterocycles. The third-order valence-electron chi connectivity index (χ3n) is 4.00. The molecule has 3 aromatic rings. The molecular formula is C19H19N3O3S2. The Morgan fingerprint density at radius 3 is 2.63 bits per heavy atom. The summed E-state index contributed by atoms with van der Waals surface area (Å²) in [6, 6.07) is 14.8. The van der Waals surface area contributed by atoms with Gasteiger partial charge in [0.15, 0.2) is 0 Å². The van der Waals surface area contributed by atoms with E-state index >= 15 is 0 Å². The molecule has 0 saturated carbocycles. The summed E-state index contributed by atoms with van der Waals surface area (Å²) < 4.78 is 25.7. The van der Waals surface area contributed by atoms with Crippen LogP contribution in [0.5, 0.6) is 0 Å². The van der Waals surface area contributed by atoms with Crippen molar-refractivity contribution < 1.29 is 13.2 Å². The number of hydrogen-bond donors (Lipinski definition) is 1. The molecule has 6 nitrogen and oxygen atoms in total. The fourth-order valence-corrected chi connectivity index (χ4v) is 4.31. The first kappa shape index (κ1) is 19.1. The minimum absolute atomic E-state index is 0.354. The number of rotatable bonds is 6. The van der Waals surface area contributed by atoms with Crippen molar-refractivity contribution in [2.75, 3.05) is 17.1 Å². The summed E-state index contributed by atoms with van der Waals surface area (Å²) in [7, 11) is -3.66. The zero-order valence-electron chi connectivity index (χ0n) is 14.9. The van der Waals surface area contributed by atoms with Crippen molar-refractivity contribution in [1.29, 1.82) is 0 Å². The van der Waals surface area contributed by atoms with Gasteiger partial charge in [0.25, 0.3) is 5.91 Å². The summed E-state index contributed by atoms with van der Waals surface area (Å²) in [5.41, 5.74) is 3.92. The minimum Gasteiger partial charge on any atom is -0.271 e. The number of carbonyl (C=O) groups excluding carboxylic acids is 1. The zero-order valence-corrected chi connectivity index (χ0v) is 16.5. The molecule has 8 heteroatoms. The van der Waals surface area contributed by atoms with Crippen LogP contribution in [0.1, 0.15) is 10.4 Å². The van der Waals surface area contributed by atoms with Crippen LogP contribution < -0.4 is 9.73 Å². The molecule has 1 aromatic heterocycles. The van der Waals surface area contributed by atoms with Crippen LogP contribution in [-0.4, -0.2) is 33.3 Å². The van der Waals surface area contributed by atoms with E-state index in [1.165, 1.54) is 11.3 Å². The number of aryl methyl sites for hydroxylation is 1. The predicted molar refractivity (Wildman–Crippen MR) is 111 cm³/mol. The Morgan fingerprint density at radius 1 is 1.19 bits per heavy atom. The molecule has 27 heavy (non-hydrogen) atoms. The first-order chi connectivity index (χ1) is 12.9. The smallest absolute Gasteiger partial charge is 0.260 e. The highest BCUT2D eigenvalue weighted by Crippen LogP contribution is 2.28. The number of sulfonamides is 1. The second kappa shape index (κ2) is 7.89. The van der Waals surface area contributed by atoms with E-state index in [1.807, 2.05) is 48.7 Å². The third-order valence-corrected chi connectivity index (χ3v) is 6.08. The van der Waals surface area contributed by atoms with Crippen molar-refractivity contribution in [3.05, 3.63) is 64.4 Å². The van der Waals surface area contributed by atoms with Gasteiger partial charge in [-0.05, 0) is 35.4 Å². The van der Waals surface area contributed by atoms with Gasteiger partial charge in [-0.15, -0.1) is 11.3 Å². The van der Waals surface area contributed by atoms with Crippen molar-refractivity contribution >= 4 is 49.9 Å². The summed E-state index contributed by atoms with van der Waals surface area (Å²) in [5.74, 6) is -0.515. The Labute approximate surface area is 162 Å². The highest BCUT2D eigenvalue weighted by atomic mass is 32.2. The lowest BCUT2D eigenvalue weighted by atomic mass is 10.1. The molecule has 1 amide bonds. The van der Waals surface area contributed by atoms with Crippen molar-refractivity contribution in [3.63, 3.8) is 0 Å². The van der Waals surface area contributed by atoms with E-state index in [-0.39, 0.29) is 6.54 Å². The van der Waals surface area contributed by atoms with Crippen LogP contribution >= 0.6 is 11.3 Å². The van der Waals surface area contributed by atoms with Gasteiger partial charge in [0.1, 0.15) is 6.54 Å². The Bertz CT molecular complexity index is 1100. The van der Waals surface area contributed by atoms with E-state index < -0.39 is 15.9 Å². The fraction of sp³-hybridized carbons (Fsp3) is 0.158. The Hall–Kier alpha value is -2.71. The van der Waals surface area contributed by atoms with Gasteiger partial charge in [-0.3, -0.25) is 9.10 Å². The van der Waals surface area contributed by atoms with Crippen LogP contribution in [0.3, 0.4) is 0 Å². The monoisotopic (exact) mass is 401 g/mol. The molecule has 0 aliphatic rings. The van der Waals surface area contributed by atoms with Crippen molar-refractivity contribution in [2.45, 2.75) is 6.92 Å². The van der Waals surface area contributed by atoms with Gasteiger partial charge in [-0.2, -0.15) is 5.10 Å². The van der Waals surface area contributed by atoms with Gasteiger partial charge in [0, 0.05) is 10.3 Å². The molecule has 140 valence electrons. The molecular weight excluding hydrogens is 382 g/mol. The van der Waals surface area contributed by atoms with E-state index in [0.717, 1.165) is 31.8 Å². The molecule has 1 heterocycles. The highest BCUT2D eigenvalue weighted by Gasteiger charge is 2.22. The molecule has 0 aliphatic carbocycles. The summed E-state index contributed by atoms with van der Waals surface area (Å²) in [6.07, 6.45) is 2.64. The summed E-state index contributed by atoms with van der Waals surface area (Å²) in [5, 5.41) is 7.52. The number of hydrazone groups is 1. The van der Waals surface area contributed by atoms with Gasteiger partial charge >= 0.3 is 0 Å². The number of carbonyl (C=O) groups is 1. The van der Waals surface area contributed by atoms with E-state index in [1.54, 1.807) is 18.3 Å². The number of nitrogens with one attached hydrogen (secondary N) is 1. The number of thiophene rings is 1. The molecule has 0 unspecified atom stereocenters. The fourth-order valence-electron chi connectivity index (χ4n) is 2.65. The van der Waals surface area contributed by atoms with Crippen LogP contribution in [-0.2, 0) is 14.8 Å². The molecule has 3 rings (SSSR count). The molecule has 0 spiro atoms. The first-order valence-corrected chi connectivity index (χ1v) is 10.9. The first-order valence-electron chi connectivity index (χ1n) is 8.18. The van der Waals surface area contributed by atoms with Crippen molar-refractivity contribution in [1.82, 2.24) is 5.43 Å². The van der Waals surface area contributed by atoms with Crippen LogP contribution in [0.4, 0.5) is 5.69 Å². The maximum atomic E-state index is 12.3. The number of hydrogen-bond acceptors (Lipinski definition) is 5. The summed E-state index contributed by atoms with van der Waals surface area (Å²) in [4.78, 5) is 13.2. The third kappa shape index (κ3) is 4.53. The second-order valence-corrected chi connectivity index (χ2v) is 8.88. The highest BCUT2D eigenvalue weighted by molar-refractivity contribution is 7.92. The molecule has 0 fully saturated rings. The minimum atomic E-state index is -3.66. The molecule has 0 radical (unpaired) electrons. The number of fused-ring (bicyclic) bond motifs is 1. The molecule has 0 saturated heterocycles. The average molecular weight is 402 g/mol. The standard InChI is InChI=1S/C19H19N3O3S2/c1-14-10-11-26-18(14)12-20-21-19(23)13-22(27(2,24)25)17-9-5-7-15-6-3-4-8-16(15)17/h3-12H,13H2,1-2H3,(H,21,23). The van der Waals surface area contributed by atoms with Gasteiger partial charge in [0.2, 0.25) is 10.0 Å². The Balaban J connectivity index is 1.83. The summed E-state index contributed by atoms with van der Waals surface area (Å²) in [6.45, 7) is 1.60. The summed E-state index contributed by atoms with van der Waals surface area (Å²) >= 11 is 1.51. The zero-order chi connectivity index (χ0) is 19.4. The number of amides is 1. The average Bonchev–Trinajstić information content (AvgIpc) is 3.03. The van der Waals surface area contributed by atoms with Gasteiger partial charge in [0.05, 0.1) is 18.2 Å². The molecule has 0 bridgehead atoms. The van der Waals surface area contributed by atoms with Gasteiger partial charge in [-0.25, -0.2) is 13.8 Å². The largest absolute Gasteiger partial charge is 0.271 e. The topological polar surface area (TPSA) is 78.8 Å². The number of nitrogens with zero attached hydrogens (tertiary/aromatic N) is 2. The lowest BCUT2D eigenvalue weighted by Gasteiger charge is -2.23. The van der Waals surface area contributed by atoms with Crippen LogP contribution in [0.25, 0.3) is 10.8 Å². The predicted octanol–water partition coefficient (Wildman–Crippen LogP) is 3.13. The van der Waals surface area contributed by atoms with Crippen molar-refractivity contribution in [3.8, 4) is 0 Å². The van der Waals surface area contributed by atoms with Gasteiger partial charge in [-0.1, -0.05) is 36.4 Å². The van der Waals surface area contributed by atoms with Gasteiger partial charge < -0.3 is 0 Å². The number of benzene rings is 2. The quantitative estimate of drug-likeness (QED) is 0.509. The Kier molecular flexibility index (Phi) is 5.57. The maximum absolute atomic E-state index is 12.3. The molecule has 2 aromatic carbocycles. The normalized spacial score (nSPS) is 11.8. The van der Waals surface area contributed by atoms with Crippen LogP contribution in [0.15, 0.2) is 59.0 Å². The van der Waals surface area contributed by atoms with E-state index in [2.05, 4.69) is 10.5 Å². The molecule has 1 N–H and O–H groups in total. The SMILES string of the molecule is Cc1ccsc1C=NNC(=O)CN(c1cccc2ccccc12)S(C)(=O)=O. The van der Waals surface area contributed by atoms with Crippen LogP contribution in [0, 0.1) is 6.92 Å². The maximum Gasteiger partial charge on any atom is 0.260 e. The second-order valence-electron chi connectivity index (χ2n) is 6.03. The lowest BCUT2D eigenvalue weighted by Crippen LogP contribution is -2.39. The number of anilines is 1. The Morgan fingerprint density at radius 2 is 1.93 bits per heavy atom.